The topological polar surface area (TPSA) is 87.2 Å². The summed E-state index contributed by atoms with van der Waals surface area (Å²) in [6.45, 7) is 3.17. The maximum absolute atomic E-state index is 11.1. The van der Waals surface area contributed by atoms with Crippen LogP contribution in [-0.2, 0) is 12.8 Å². The van der Waals surface area contributed by atoms with Crippen LogP contribution in [0.5, 0.6) is 11.5 Å². The number of aromatic hydroxyl groups is 1. The largest absolute Gasteiger partial charge is 0.507 e. The molecule has 0 amide bonds. The molecule has 3 heterocycles. The van der Waals surface area contributed by atoms with Gasteiger partial charge in [0.15, 0.2) is 0 Å². The van der Waals surface area contributed by atoms with Crippen molar-refractivity contribution in [3.63, 3.8) is 0 Å². The summed E-state index contributed by atoms with van der Waals surface area (Å²) in [7, 11) is 0. The number of nitrogens with one attached hydrogen (secondary N) is 1. The number of rotatable bonds is 9. The van der Waals surface area contributed by atoms with Crippen LogP contribution in [0.3, 0.4) is 0 Å². The molecule has 7 heteroatoms. The minimum absolute atomic E-state index is 0.0941. The minimum atomic E-state index is 0.0941. The number of fused-ring (bicyclic) bond motifs is 3. The van der Waals surface area contributed by atoms with Crippen LogP contribution in [-0.4, -0.2) is 44.4 Å². The number of phenolic OH excluding ortho intramolecular Hbond substituents is 1. The second-order valence-electron chi connectivity index (χ2n) is 9.84. The molecule has 7 nitrogen and oxygen atoms in total. The fraction of sp³-hybridized carbons (Fsp3) is 0.519. The predicted molar refractivity (Wildman–Crippen MR) is 132 cm³/mol. The number of benzene rings is 2. The van der Waals surface area contributed by atoms with Crippen molar-refractivity contribution in [1.82, 2.24) is 20.6 Å². The second kappa shape index (κ2) is 10.5. The van der Waals surface area contributed by atoms with Gasteiger partial charge in [-0.05, 0) is 80.2 Å². The van der Waals surface area contributed by atoms with Gasteiger partial charge < -0.3 is 14.7 Å². The highest BCUT2D eigenvalue weighted by atomic mass is 16.5. The highest BCUT2D eigenvalue weighted by molar-refractivity contribution is 5.66. The van der Waals surface area contributed by atoms with Gasteiger partial charge in [0.2, 0.25) is 0 Å². The Balaban J connectivity index is 1.29. The Kier molecular flexibility index (Phi) is 6.97. The summed E-state index contributed by atoms with van der Waals surface area (Å²) < 4.78 is 6.31. The lowest BCUT2D eigenvalue weighted by molar-refractivity contribution is 0.207. The van der Waals surface area contributed by atoms with E-state index >= 15 is 0 Å². The summed E-state index contributed by atoms with van der Waals surface area (Å²) in [5.74, 6) is 2.22. The highest BCUT2D eigenvalue weighted by Gasteiger charge is 2.36. The SMILES string of the molecule is CC(CCCc1ccccc1)Oc1cc(O)c2c(c1)N1CCCCC1CC2CCc1nnn[nH]1. The Morgan fingerprint density at radius 2 is 2.06 bits per heavy atom. The number of ether oxygens (including phenoxy) is 1. The summed E-state index contributed by atoms with van der Waals surface area (Å²) >= 11 is 0. The van der Waals surface area contributed by atoms with Crippen LogP contribution in [0, 0.1) is 0 Å². The number of H-pyrrole nitrogens is 1. The van der Waals surface area contributed by atoms with E-state index in [9.17, 15) is 5.11 Å². The molecule has 0 saturated carbocycles. The maximum Gasteiger partial charge on any atom is 0.148 e. The minimum Gasteiger partial charge on any atom is -0.507 e. The molecule has 2 aromatic carbocycles. The molecule has 3 unspecified atom stereocenters. The van der Waals surface area contributed by atoms with E-state index in [1.807, 2.05) is 6.07 Å². The van der Waals surface area contributed by atoms with Gasteiger partial charge in [0, 0.05) is 42.4 Å². The zero-order valence-electron chi connectivity index (χ0n) is 20.0. The van der Waals surface area contributed by atoms with Gasteiger partial charge in [-0.1, -0.05) is 30.3 Å². The Morgan fingerprint density at radius 3 is 2.88 bits per heavy atom. The van der Waals surface area contributed by atoms with Crippen molar-refractivity contribution in [2.24, 2.45) is 0 Å². The molecule has 0 spiro atoms. The summed E-state index contributed by atoms with van der Waals surface area (Å²) in [4.78, 5) is 2.51. The quantitative estimate of drug-likeness (QED) is 0.457. The number of nitrogens with zero attached hydrogens (tertiary/aromatic N) is 4. The van der Waals surface area contributed by atoms with E-state index in [4.69, 9.17) is 4.74 Å². The molecular weight excluding hydrogens is 426 g/mol. The number of aryl methyl sites for hydroxylation is 2. The molecule has 0 radical (unpaired) electrons. The summed E-state index contributed by atoms with van der Waals surface area (Å²) in [6.07, 6.45) is 9.65. The van der Waals surface area contributed by atoms with Crippen molar-refractivity contribution >= 4 is 5.69 Å². The van der Waals surface area contributed by atoms with Crippen LogP contribution >= 0.6 is 0 Å². The third kappa shape index (κ3) is 5.18. The molecule has 2 N–H and O–H groups in total. The van der Waals surface area contributed by atoms with E-state index < -0.39 is 0 Å². The van der Waals surface area contributed by atoms with Crippen LogP contribution < -0.4 is 9.64 Å². The molecule has 3 atom stereocenters. The molecule has 1 fully saturated rings. The highest BCUT2D eigenvalue weighted by Crippen LogP contribution is 2.49. The van der Waals surface area contributed by atoms with Gasteiger partial charge in [0.1, 0.15) is 17.3 Å². The average Bonchev–Trinajstić information content (AvgIpc) is 3.37. The van der Waals surface area contributed by atoms with Gasteiger partial charge in [-0.3, -0.25) is 0 Å². The van der Waals surface area contributed by atoms with Gasteiger partial charge in [0.25, 0.3) is 0 Å². The average molecular weight is 462 g/mol. The molecule has 1 saturated heterocycles. The zero-order valence-corrected chi connectivity index (χ0v) is 20.0. The first-order valence-electron chi connectivity index (χ1n) is 12.7. The standard InChI is InChI=1S/C27H35N5O2/c1-19(8-7-11-20-9-3-2-4-10-20)34-23-17-24-27(25(33)18-23)21(13-14-26-28-30-31-29-26)16-22-12-5-6-15-32(22)24/h2-4,9-10,17-19,21-22,33H,5-8,11-16H2,1H3,(H,28,29,30,31). The van der Waals surface area contributed by atoms with Crippen LogP contribution in [0.25, 0.3) is 0 Å². The molecule has 0 aliphatic carbocycles. The lowest BCUT2D eigenvalue weighted by atomic mass is 9.79. The van der Waals surface area contributed by atoms with Crippen molar-refractivity contribution in [1.29, 1.82) is 0 Å². The summed E-state index contributed by atoms with van der Waals surface area (Å²) in [5, 5.41) is 25.4. The number of hydrogen-bond donors (Lipinski definition) is 2. The Morgan fingerprint density at radius 1 is 1.18 bits per heavy atom. The third-order valence-corrected chi connectivity index (χ3v) is 7.39. The van der Waals surface area contributed by atoms with Crippen molar-refractivity contribution < 1.29 is 9.84 Å². The molecule has 5 rings (SSSR count). The molecule has 2 aliphatic rings. The molecule has 1 aromatic heterocycles. The van der Waals surface area contributed by atoms with E-state index in [1.54, 1.807) is 0 Å². The van der Waals surface area contributed by atoms with Crippen LogP contribution in [0.4, 0.5) is 5.69 Å². The smallest absolute Gasteiger partial charge is 0.148 e. The molecular formula is C27H35N5O2. The monoisotopic (exact) mass is 461 g/mol. The molecule has 0 bridgehead atoms. The fourth-order valence-corrected chi connectivity index (χ4v) is 5.72. The molecule has 3 aromatic rings. The number of piperidine rings is 1. The van der Waals surface area contributed by atoms with Crippen molar-refractivity contribution in [2.75, 3.05) is 11.4 Å². The maximum atomic E-state index is 11.1. The zero-order chi connectivity index (χ0) is 23.3. The fourth-order valence-electron chi connectivity index (χ4n) is 5.72. The van der Waals surface area contributed by atoms with Crippen LogP contribution in [0.1, 0.15) is 74.7 Å². The van der Waals surface area contributed by atoms with Crippen LogP contribution in [0.2, 0.25) is 0 Å². The lowest BCUT2D eigenvalue weighted by Gasteiger charge is -2.45. The summed E-state index contributed by atoms with van der Waals surface area (Å²) in [5.41, 5.74) is 3.59. The lowest BCUT2D eigenvalue weighted by Crippen LogP contribution is -2.44. The van der Waals surface area contributed by atoms with Gasteiger partial charge in [-0.2, -0.15) is 0 Å². The number of anilines is 1. The Bertz CT molecular complexity index is 1060. The molecule has 34 heavy (non-hydrogen) atoms. The van der Waals surface area contributed by atoms with E-state index in [0.717, 1.165) is 67.9 Å². The van der Waals surface area contributed by atoms with E-state index in [2.05, 4.69) is 68.8 Å². The first kappa shape index (κ1) is 22.7. The van der Waals surface area contributed by atoms with E-state index in [-0.39, 0.29) is 12.0 Å². The predicted octanol–water partition coefficient (Wildman–Crippen LogP) is 5.17. The van der Waals surface area contributed by atoms with E-state index in [1.165, 1.54) is 24.8 Å². The first-order chi connectivity index (χ1) is 16.7. The van der Waals surface area contributed by atoms with Gasteiger partial charge in [-0.15, -0.1) is 5.10 Å². The summed E-state index contributed by atoms with van der Waals surface area (Å²) in [6, 6.07) is 15.1. The number of tetrazole rings is 1. The van der Waals surface area contributed by atoms with Crippen LogP contribution in [0.15, 0.2) is 42.5 Å². The van der Waals surface area contributed by atoms with Crippen molar-refractivity contribution in [3.05, 3.63) is 59.4 Å². The van der Waals surface area contributed by atoms with Crippen molar-refractivity contribution in [3.8, 4) is 11.5 Å². The number of hydrogen-bond acceptors (Lipinski definition) is 6. The second-order valence-corrected chi connectivity index (χ2v) is 9.84. The first-order valence-corrected chi connectivity index (χ1v) is 12.7. The number of aromatic amines is 1. The third-order valence-electron chi connectivity index (χ3n) is 7.39. The van der Waals surface area contributed by atoms with E-state index in [0.29, 0.717) is 11.8 Å². The van der Waals surface area contributed by atoms with Gasteiger partial charge in [0.05, 0.1) is 6.10 Å². The Hall–Kier alpha value is -3.09. The molecule has 180 valence electrons. The van der Waals surface area contributed by atoms with Gasteiger partial charge >= 0.3 is 0 Å². The number of aromatic nitrogens is 4. The normalized spacial score (nSPS) is 20.4. The van der Waals surface area contributed by atoms with Crippen molar-refractivity contribution in [2.45, 2.75) is 82.8 Å². The van der Waals surface area contributed by atoms with Gasteiger partial charge in [-0.25, -0.2) is 5.10 Å². The molecule has 2 aliphatic heterocycles. The Labute approximate surface area is 201 Å². The number of phenols is 1.